The van der Waals surface area contributed by atoms with E-state index in [9.17, 15) is 9.59 Å². The number of carbonyl (C=O) groups excluding carboxylic acids is 2. The van der Waals surface area contributed by atoms with Gasteiger partial charge in [-0.15, -0.1) is 0 Å². The van der Waals surface area contributed by atoms with Crippen molar-refractivity contribution in [3.8, 4) is 0 Å². The maximum atomic E-state index is 13.3. The van der Waals surface area contributed by atoms with E-state index < -0.39 is 0 Å². The molecule has 2 fully saturated rings. The molecule has 5 rings (SSSR count). The van der Waals surface area contributed by atoms with Gasteiger partial charge in [0.1, 0.15) is 18.2 Å². The molecule has 3 aliphatic rings. The van der Waals surface area contributed by atoms with Gasteiger partial charge in [-0.1, -0.05) is 35.4 Å². The van der Waals surface area contributed by atoms with E-state index in [1.54, 1.807) is 7.11 Å². The fourth-order valence-corrected chi connectivity index (χ4v) is 6.49. The third-order valence-electron chi connectivity index (χ3n) is 8.95. The highest BCUT2D eigenvalue weighted by atomic mass is 16.6. The number of aromatic nitrogens is 1. The van der Waals surface area contributed by atoms with Crippen LogP contribution in [0.25, 0.3) is 5.57 Å². The first-order valence-electron chi connectivity index (χ1n) is 15.0. The molecule has 3 heterocycles. The van der Waals surface area contributed by atoms with Gasteiger partial charge in [-0.3, -0.25) is 4.90 Å². The lowest BCUT2D eigenvalue weighted by Crippen LogP contribution is -2.38. The Morgan fingerprint density at radius 1 is 1.17 bits per heavy atom. The monoisotopic (exact) mass is 560 g/mol. The van der Waals surface area contributed by atoms with Crippen molar-refractivity contribution in [2.45, 2.75) is 77.7 Å². The maximum absolute atomic E-state index is 13.3. The number of aldehydes is 1. The lowest BCUT2D eigenvalue weighted by Gasteiger charge is -2.33. The van der Waals surface area contributed by atoms with Crippen molar-refractivity contribution in [3.63, 3.8) is 0 Å². The molecule has 2 aliphatic heterocycles. The van der Waals surface area contributed by atoms with Gasteiger partial charge in [0, 0.05) is 38.2 Å². The number of cyclic esters (lactones) is 1. The van der Waals surface area contributed by atoms with E-state index in [0.717, 1.165) is 90.8 Å². The van der Waals surface area contributed by atoms with E-state index >= 15 is 0 Å². The summed E-state index contributed by atoms with van der Waals surface area (Å²) in [5.74, 6) is 1.00. The van der Waals surface area contributed by atoms with E-state index in [1.165, 1.54) is 0 Å². The van der Waals surface area contributed by atoms with Crippen LogP contribution in [0.1, 0.15) is 73.1 Å². The van der Waals surface area contributed by atoms with Crippen LogP contribution >= 0.6 is 0 Å². The Balaban J connectivity index is 1.49. The molecule has 0 bridgehead atoms. The van der Waals surface area contributed by atoms with Crippen LogP contribution in [0.4, 0.5) is 10.6 Å². The van der Waals surface area contributed by atoms with Gasteiger partial charge in [0.05, 0.1) is 24.4 Å². The SMILES string of the molecule is COC1CCC(CC(C=O)CN)C=C(c2ccc(N3CCC3)nc2CN2C(=O)OC(c3cc(C)cc(C)c3)C2C)C1. The van der Waals surface area contributed by atoms with Crippen molar-refractivity contribution in [1.29, 1.82) is 0 Å². The molecule has 8 nitrogen and oxygen atoms in total. The number of pyridine rings is 1. The molecular weight excluding hydrogens is 516 g/mol. The zero-order valence-corrected chi connectivity index (χ0v) is 24.8. The van der Waals surface area contributed by atoms with Gasteiger partial charge in [0.2, 0.25) is 0 Å². The Bertz CT molecular complexity index is 1270. The summed E-state index contributed by atoms with van der Waals surface area (Å²) in [5, 5.41) is 0. The number of rotatable bonds is 10. The van der Waals surface area contributed by atoms with Crippen molar-refractivity contribution in [1.82, 2.24) is 9.88 Å². The summed E-state index contributed by atoms with van der Waals surface area (Å²) >= 11 is 0. The highest BCUT2D eigenvalue weighted by Crippen LogP contribution is 2.38. The number of allylic oxidation sites excluding steroid dienone is 1. The molecule has 2 aromatic rings. The van der Waals surface area contributed by atoms with Crippen LogP contribution in [-0.2, 0) is 20.8 Å². The minimum Gasteiger partial charge on any atom is -0.439 e. The number of benzene rings is 1. The maximum Gasteiger partial charge on any atom is 0.411 e. The third-order valence-corrected chi connectivity index (χ3v) is 8.95. The number of methoxy groups -OCH3 is 1. The van der Waals surface area contributed by atoms with Crippen LogP contribution < -0.4 is 10.6 Å². The fourth-order valence-electron chi connectivity index (χ4n) is 6.49. The first kappa shape index (κ1) is 29.3. The second-order valence-electron chi connectivity index (χ2n) is 12.1. The van der Waals surface area contributed by atoms with Crippen molar-refractivity contribution < 1.29 is 19.1 Å². The normalized spacial score (nSPS) is 25.3. The zero-order chi connectivity index (χ0) is 29.1. The van der Waals surface area contributed by atoms with Crippen molar-refractivity contribution in [2.75, 3.05) is 31.6 Å². The van der Waals surface area contributed by atoms with Gasteiger partial charge in [0.25, 0.3) is 0 Å². The lowest BCUT2D eigenvalue weighted by atomic mass is 9.90. The van der Waals surface area contributed by atoms with Crippen LogP contribution in [0.15, 0.2) is 36.4 Å². The molecule has 2 saturated heterocycles. The van der Waals surface area contributed by atoms with Crippen LogP contribution in [0, 0.1) is 25.7 Å². The Labute approximate surface area is 243 Å². The first-order chi connectivity index (χ1) is 19.8. The molecule has 8 heteroatoms. The summed E-state index contributed by atoms with van der Waals surface area (Å²) in [4.78, 5) is 34.1. The van der Waals surface area contributed by atoms with Crippen LogP contribution in [-0.4, -0.2) is 61.2 Å². The Morgan fingerprint density at radius 3 is 2.56 bits per heavy atom. The molecule has 2 N–H and O–H groups in total. The van der Waals surface area contributed by atoms with E-state index in [0.29, 0.717) is 13.1 Å². The average Bonchev–Trinajstić information content (AvgIpc) is 3.07. The summed E-state index contributed by atoms with van der Waals surface area (Å²) in [6, 6.07) is 10.4. The summed E-state index contributed by atoms with van der Waals surface area (Å²) in [7, 11) is 1.76. The molecule has 41 heavy (non-hydrogen) atoms. The highest BCUT2D eigenvalue weighted by Gasteiger charge is 2.40. The standard InChI is InChI=1S/C33H44N4O4/c1-21-12-22(2)14-27(13-21)32-23(3)37(33(39)41-32)19-30-29(8-9-31(35-30)36-10-5-11-36)26-16-24(15-25(18-34)20-38)6-7-28(17-26)40-4/h8-9,12-14,16,20,23-25,28,32H,5-7,10-11,15,17-19,34H2,1-4H3. The van der Waals surface area contributed by atoms with Crippen molar-refractivity contribution in [3.05, 3.63) is 64.4 Å². The van der Waals surface area contributed by atoms with E-state index in [2.05, 4.69) is 62.1 Å². The Kier molecular flexibility index (Phi) is 9.09. The highest BCUT2D eigenvalue weighted by molar-refractivity contribution is 5.73. The third kappa shape index (κ3) is 6.49. The molecule has 5 unspecified atom stereocenters. The van der Waals surface area contributed by atoms with E-state index in [1.807, 2.05) is 4.90 Å². The van der Waals surface area contributed by atoms with Gasteiger partial charge in [-0.05, 0) is 82.1 Å². The number of anilines is 1. The van der Waals surface area contributed by atoms with Gasteiger partial charge in [-0.2, -0.15) is 0 Å². The van der Waals surface area contributed by atoms with Crippen LogP contribution in [0.5, 0.6) is 0 Å². The lowest BCUT2D eigenvalue weighted by molar-refractivity contribution is -0.111. The van der Waals surface area contributed by atoms with Gasteiger partial charge in [0.15, 0.2) is 0 Å². The molecule has 0 spiro atoms. The predicted molar refractivity (Wildman–Crippen MR) is 161 cm³/mol. The number of ether oxygens (including phenoxy) is 2. The Morgan fingerprint density at radius 2 is 1.93 bits per heavy atom. The molecule has 220 valence electrons. The molecule has 1 aromatic heterocycles. The molecule has 0 radical (unpaired) electrons. The largest absolute Gasteiger partial charge is 0.439 e. The fraction of sp³-hybridized carbons (Fsp3) is 0.545. The number of aryl methyl sites for hydroxylation is 2. The van der Waals surface area contributed by atoms with Crippen LogP contribution in [0.3, 0.4) is 0 Å². The topological polar surface area (TPSA) is 98.0 Å². The second-order valence-corrected chi connectivity index (χ2v) is 12.1. The summed E-state index contributed by atoms with van der Waals surface area (Å²) < 4.78 is 11.8. The predicted octanol–water partition coefficient (Wildman–Crippen LogP) is 5.35. The summed E-state index contributed by atoms with van der Waals surface area (Å²) in [6.45, 7) is 8.89. The second kappa shape index (κ2) is 12.7. The summed E-state index contributed by atoms with van der Waals surface area (Å²) in [6.07, 6.45) is 7.20. The van der Waals surface area contributed by atoms with Crippen molar-refractivity contribution in [2.24, 2.45) is 17.6 Å². The van der Waals surface area contributed by atoms with Gasteiger partial charge in [-0.25, -0.2) is 9.78 Å². The Hall–Kier alpha value is -3.23. The molecular formula is C33H44N4O4. The van der Waals surface area contributed by atoms with E-state index in [-0.39, 0.29) is 36.2 Å². The molecule has 1 aromatic carbocycles. The molecule has 1 aliphatic carbocycles. The molecule has 0 saturated carbocycles. The van der Waals surface area contributed by atoms with E-state index in [4.69, 9.17) is 20.2 Å². The minimum atomic E-state index is -0.334. The average molecular weight is 561 g/mol. The zero-order valence-electron chi connectivity index (χ0n) is 24.8. The number of hydrogen-bond donors (Lipinski definition) is 1. The number of nitrogens with two attached hydrogens (primary N) is 1. The van der Waals surface area contributed by atoms with Crippen LogP contribution in [0.2, 0.25) is 0 Å². The minimum absolute atomic E-state index is 0.0753. The van der Waals surface area contributed by atoms with Crippen molar-refractivity contribution >= 4 is 23.8 Å². The molecule has 1 amide bonds. The number of nitrogens with zero attached hydrogens (tertiary/aromatic N) is 3. The summed E-state index contributed by atoms with van der Waals surface area (Å²) in [5.41, 5.74) is 12.3. The van der Waals surface area contributed by atoms with Gasteiger partial charge >= 0.3 is 6.09 Å². The smallest absolute Gasteiger partial charge is 0.411 e. The number of hydrogen-bond acceptors (Lipinski definition) is 7. The van der Waals surface area contributed by atoms with Gasteiger partial charge < -0.3 is 24.9 Å². The quantitative estimate of drug-likeness (QED) is 0.391. The molecule has 5 atom stereocenters. The first-order valence-corrected chi connectivity index (χ1v) is 15.0. The number of amides is 1. The number of carbonyl (C=O) groups is 2.